The van der Waals surface area contributed by atoms with Gasteiger partial charge in [-0.1, -0.05) is 42.1 Å². The van der Waals surface area contributed by atoms with E-state index < -0.39 is 0 Å². The van der Waals surface area contributed by atoms with Crippen LogP contribution >= 0.6 is 11.8 Å². The summed E-state index contributed by atoms with van der Waals surface area (Å²) in [6.07, 6.45) is 1.69. The van der Waals surface area contributed by atoms with Crippen LogP contribution in [0, 0.1) is 0 Å². The lowest BCUT2D eigenvalue weighted by Crippen LogP contribution is -2.22. The third kappa shape index (κ3) is 2.35. The Hall–Kier alpha value is -2.34. The number of rotatable bonds is 5. The van der Waals surface area contributed by atoms with Gasteiger partial charge in [-0.15, -0.1) is 16.8 Å². The lowest BCUT2D eigenvalue weighted by atomic mass is 10.2. The van der Waals surface area contributed by atoms with Gasteiger partial charge in [0, 0.05) is 12.3 Å². The SMILES string of the molecule is C=CCn1c(=O)c2ccccc2n2c(SCC(=C)C)nnc12. The van der Waals surface area contributed by atoms with E-state index in [0.717, 1.165) is 22.0 Å². The molecule has 6 heteroatoms. The average Bonchev–Trinajstić information content (AvgIpc) is 2.93. The highest BCUT2D eigenvalue weighted by Gasteiger charge is 2.15. The quantitative estimate of drug-likeness (QED) is 0.537. The van der Waals surface area contributed by atoms with Gasteiger partial charge in [-0.2, -0.15) is 0 Å². The van der Waals surface area contributed by atoms with Gasteiger partial charge in [0.05, 0.1) is 10.9 Å². The second-order valence-corrected chi connectivity index (χ2v) is 6.03. The highest BCUT2D eigenvalue weighted by Crippen LogP contribution is 2.22. The molecule has 5 nitrogen and oxygen atoms in total. The molecule has 0 unspecified atom stereocenters. The van der Waals surface area contributed by atoms with Crippen LogP contribution in [0.25, 0.3) is 16.7 Å². The molecule has 0 aliphatic rings. The predicted octanol–water partition coefficient (Wildman–Crippen LogP) is 2.90. The maximum absolute atomic E-state index is 12.6. The lowest BCUT2D eigenvalue weighted by molar-refractivity contribution is 0.783. The number of benzene rings is 1. The number of para-hydroxylation sites is 1. The van der Waals surface area contributed by atoms with E-state index in [0.29, 0.717) is 17.7 Å². The Morgan fingerprint density at radius 2 is 2.14 bits per heavy atom. The van der Waals surface area contributed by atoms with E-state index >= 15 is 0 Å². The van der Waals surface area contributed by atoms with Gasteiger partial charge in [-0.3, -0.25) is 13.8 Å². The van der Waals surface area contributed by atoms with Gasteiger partial charge >= 0.3 is 0 Å². The first-order valence-electron chi connectivity index (χ1n) is 6.88. The number of aromatic nitrogens is 4. The van der Waals surface area contributed by atoms with Gasteiger partial charge in [-0.25, -0.2) is 0 Å². The van der Waals surface area contributed by atoms with Crippen molar-refractivity contribution < 1.29 is 0 Å². The van der Waals surface area contributed by atoms with Crippen LogP contribution in [-0.4, -0.2) is 24.9 Å². The minimum Gasteiger partial charge on any atom is -0.272 e. The van der Waals surface area contributed by atoms with Crippen molar-refractivity contribution in [1.82, 2.24) is 19.2 Å². The molecule has 2 aromatic heterocycles. The number of nitrogens with zero attached hydrogens (tertiary/aromatic N) is 4. The minimum absolute atomic E-state index is 0.0770. The maximum atomic E-state index is 12.6. The first-order chi connectivity index (χ1) is 10.6. The molecule has 3 aromatic rings. The van der Waals surface area contributed by atoms with Gasteiger partial charge in [0.1, 0.15) is 0 Å². The summed E-state index contributed by atoms with van der Waals surface area (Å²) in [7, 11) is 0. The predicted molar refractivity (Wildman–Crippen MR) is 90.5 cm³/mol. The smallest absolute Gasteiger partial charge is 0.263 e. The molecule has 3 rings (SSSR count). The van der Waals surface area contributed by atoms with E-state index in [1.807, 2.05) is 35.6 Å². The zero-order chi connectivity index (χ0) is 15.7. The fraction of sp³-hybridized carbons (Fsp3) is 0.188. The summed E-state index contributed by atoms with van der Waals surface area (Å²) < 4.78 is 3.51. The molecule has 0 atom stereocenters. The summed E-state index contributed by atoms with van der Waals surface area (Å²) in [4.78, 5) is 12.6. The molecule has 0 aliphatic carbocycles. The number of hydrogen-bond acceptors (Lipinski definition) is 4. The van der Waals surface area contributed by atoms with E-state index in [-0.39, 0.29) is 5.56 Å². The molecule has 0 radical (unpaired) electrons. The van der Waals surface area contributed by atoms with Crippen LogP contribution in [-0.2, 0) is 6.54 Å². The highest BCUT2D eigenvalue weighted by atomic mass is 32.2. The Kier molecular flexibility index (Phi) is 3.85. The van der Waals surface area contributed by atoms with E-state index in [9.17, 15) is 4.79 Å². The molecule has 1 aromatic carbocycles. The molecular weight excluding hydrogens is 296 g/mol. The number of thioether (sulfide) groups is 1. The van der Waals surface area contributed by atoms with Crippen LogP contribution in [0.3, 0.4) is 0 Å². The zero-order valence-corrected chi connectivity index (χ0v) is 13.1. The van der Waals surface area contributed by atoms with E-state index in [2.05, 4.69) is 23.4 Å². The van der Waals surface area contributed by atoms with Crippen LogP contribution in [0.5, 0.6) is 0 Å². The van der Waals surface area contributed by atoms with Crippen molar-refractivity contribution in [1.29, 1.82) is 0 Å². The molecule has 0 amide bonds. The first-order valence-corrected chi connectivity index (χ1v) is 7.86. The molecule has 2 heterocycles. The molecule has 0 N–H and O–H groups in total. The van der Waals surface area contributed by atoms with Gasteiger partial charge in [0.25, 0.3) is 5.56 Å². The van der Waals surface area contributed by atoms with Crippen LogP contribution in [0.1, 0.15) is 6.92 Å². The van der Waals surface area contributed by atoms with E-state index in [4.69, 9.17) is 0 Å². The molecular formula is C16H16N4OS. The average molecular weight is 312 g/mol. The normalized spacial score (nSPS) is 11.1. The number of fused-ring (bicyclic) bond motifs is 3. The van der Waals surface area contributed by atoms with Gasteiger partial charge in [0.15, 0.2) is 5.16 Å². The maximum Gasteiger partial charge on any atom is 0.263 e. The molecule has 0 saturated heterocycles. The van der Waals surface area contributed by atoms with Gasteiger partial charge < -0.3 is 0 Å². The summed E-state index contributed by atoms with van der Waals surface area (Å²) in [6, 6.07) is 7.51. The molecule has 0 bridgehead atoms. The first kappa shape index (κ1) is 14.6. The standard InChI is InChI=1S/C16H16N4OS/c1-4-9-19-14(21)12-7-5-6-8-13(12)20-15(19)17-18-16(20)22-10-11(2)3/h4-8H,1-2,9-10H2,3H3. The van der Waals surface area contributed by atoms with Crippen molar-refractivity contribution >= 4 is 28.4 Å². The Morgan fingerprint density at radius 1 is 1.36 bits per heavy atom. The third-order valence-corrected chi connectivity index (χ3v) is 4.40. The zero-order valence-electron chi connectivity index (χ0n) is 12.3. The molecule has 112 valence electrons. The Balaban J connectivity index is 2.36. The van der Waals surface area contributed by atoms with Crippen LogP contribution in [0.15, 0.2) is 59.0 Å². The fourth-order valence-corrected chi connectivity index (χ4v) is 3.09. The summed E-state index contributed by atoms with van der Waals surface area (Å²) in [5.74, 6) is 1.29. The second kappa shape index (κ2) is 5.81. The second-order valence-electron chi connectivity index (χ2n) is 5.09. The fourth-order valence-electron chi connectivity index (χ4n) is 2.31. The largest absolute Gasteiger partial charge is 0.272 e. The number of allylic oxidation sites excluding steroid dienone is 1. The van der Waals surface area contributed by atoms with Crippen molar-refractivity contribution in [3.05, 3.63) is 59.4 Å². The van der Waals surface area contributed by atoms with Crippen molar-refractivity contribution in [2.75, 3.05) is 5.75 Å². The highest BCUT2D eigenvalue weighted by molar-refractivity contribution is 7.99. The van der Waals surface area contributed by atoms with Crippen molar-refractivity contribution in [2.45, 2.75) is 18.6 Å². The molecule has 0 fully saturated rings. The Bertz CT molecular complexity index is 938. The molecule has 0 aliphatic heterocycles. The van der Waals surface area contributed by atoms with Crippen LogP contribution in [0.2, 0.25) is 0 Å². The summed E-state index contributed by atoms with van der Waals surface area (Å²) in [6.45, 7) is 10.0. The van der Waals surface area contributed by atoms with E-state index in [1.165, 1.54) is 0 Å². The lowest BCUT2D eigenvalue weighted by Gasteiger charge is -2.09. The molecule has 0 spiro atoms. The molecule has 0 saturated carbocycles. The minimum atomic E-state index is -0.0770. The Morgan fingerprint density at radius 3 is 2.86 bits per heavy atom. The Labute approximate surface area is 132 Å². The number of hydrogen-bond donors (Lipinski definition) is 0. The molecule has 22 heavy (non-hydrogen) atoms. The summed E-state index contributed by atoms with van der Waals surface area (Å²) >= 11 is 1.56. The van der Waals surface area contributed by atoms with Crippen LogP contribution in [0.4, 0.5) is 0 Å². The van der Waals surface area contributed by atoms with Crippen LogP contribution < -0.4 is 5.56 Å². The van der Waals surface area contributed by atoms with Crippen molar-refractivity contribution in [3.63, 3.8) is 0 Å². The topological polar surface area (TPSA) is 52.2 Å². The third-order valence-electron chi connectivity index (χ3n) is 3.24. The van der Waals surface area contributed by atoms with Crippen molar-refractivity contribution in [2.24, 2.45) is 0 Å². The monoisotopic (exact) mass is 312 g/mol. The summed E-state index contributed by atoms with van der Waals surface area (Å²) in [5, 5.41) is 9.85. The van der Waals surface area contributed by atoms with Gasteiger partial charge in [-0.05, 0) is 19.1 Å². The van der Waals surface area contributed by atoms with E-state index in [1.54, 1.807) is 22.4 Å². The van der Waals surface area contributed by atoms with Gasteiger partial charge in [0.2, 0.25) is 5.78 Å². The van der Waals surface area contributed by atoms with Crippen molar-refractivity contribution in [3.8, 4) is 0 Å². The summed E-state index contributed by atoms with van der Waals surface area (Å²) in [5.41, 5.74) is 1.80.